The van der Waals surface area contributed by atoms with E-state index in [0.717, 1.165) is 16.4 Å². The van der Waals surface area contributed by atoms with Gasteiger partial charge in [0, 0.05) is 16.2 Å². The van der Waals surface area contributed by atoms with Gasteiger partial charge in [0.15, 0.2) is 0 Å². The SMILES string of the molecule is C=CC(=O)OCC12CC3CC(C1)CC(SC(CC)SCCC)(C3)C2. The van der Waals surface area contributed by atoms with Gasteiger partial charge >= 0.3 is 5.97 Å². The summed E-state index contributed by atoms with van der Waals surface area (Å²) in [6.45, 7) is 8.77. The maximum absolute atomic E-state index is 11.6. The molecule has 4 heteroatoms. The van der Waals surface area contributed by atoms with Gasteiger partial charge in [-0.2, -0.15) is 0 Å². The summed E-state index contributed by atoms with van der Waals surface area (Å²) in [5.74, 6) is 2.73. The number of carbonyl (C=O) groups excluding carboxylic acids is 1. The lowest BCUT2D eigenvalue weighted by Crippen LogP contribution is -2.56. The third-order valence-corrected chi connectivity index (χ3v) is 9.66. The average molecular weight is 369 g/mol. The van der Waals surface area contributed by atoms with Gasteiger partial charge in [-0.05, 0) is 69.0 Å². The molecule has 0 aromatic heterocycles. The summed E-state index contributed by atoms with van der Waals surface area (Å²) in [6, 6.07) is 0. The molecule has 4 rings (SSSR count). The fourth-order valence-electron chi connectivity index (χ4n) is 5.72. The first-order valence-electron chi connectivity index (χ1n) is 9.60. The van der Waals surface area contributed by atoms with Gasteiger partial charge < -0.3 is 4.74 Å². The molecule has 0 aliphatic heterocycles. The maximum atomic E-state index is 11.6. The van der Waals surface area contributed by atoms with Gasteiger partial charge in [0.1, 0.15) is 0 Å². The van der Waals surface area contributed by atoms with Crippen molar-refractivity contribution in [3.8, 4) is 0 Å². The van der Waals surface area contributed by atoms with Crippen molar-refractivity contribution in [2.45, 2.75) is 74.5 Å². The highest BCUT2D eigenvalue weighted by Gasteiger charge is 2.58. The van der Waals surface area contributed by atoms with Gasteiger partial charge in [-0.1, -0.05) is 20.4 Å². The molecule has 3 atom stereocenters. The van der Waals surface area contributed by atoms with E-state index >= 15 is 0 Å². The van der Waals surface area contributed by atoms with Crippen LogP contribution in [0.4, 0.5) is 0 Å². The molecule has 3 unspecified atom stereocenters. The molecule has 0 aromatic carbocycles. The molecule has 4 saturated carbocycles. The number of hydrogen-bond donors (Lipinski definition) is 0. The number of hydrogen-bond acceptors (Lipinski definition) is 4. The third-order valence-electron chi connectivity index (χ3n) is 6.04. The minimum Gasteiger partial charge on any atom is -0.462 e. The summed E-state index contributed by atoms with van der Waals surface area (Å²) < 4.78 is 6.73. The Morgan fingerprint density at radius 3 is 2.58 bits per heavy atom. The van der Waals surface area contributed by atoms with Crippen LogP contribution in [0.15, 0.2) is 12.7 Å². The van der Waals surface area contributed by atoms with Crippen LogP contribution in [0.25, 0.3) is 0 Å². The summed E-state index contributed by atoms with van der Waals surface area (Å²) in [6.07, 6.45) is 11.8. The molecule has 0 N–H and O–H groups in total. The van der Waals surface area contributed by atoms with Crippen molar-refractivity contribution in [1.29, 1.82) is 0 Å². The predicted molar refractivity (Wildman–Crippen MR) is 105 cm³/mol. The van der Waals surface area contributed by atoms with E-state index in [1.165, 1.54) is 63.2 Å². The lowest BCUT2D eigenvalue weighted by molar-refractivity contribution is -0.148. The van der Waals surface area contributed by atoms with Crippen LogP contribution in [0, 0.1) is 17.3 Å². The highest BCUT2D eigenvalue weighted by atomic mass is 32.2. The van der Waals surface area contributed by atoms with Crippen LogP contribution in [0.3, 0.4) is 0 Å². The summed E-state index contributed by atoms with van der Waals surface area (Å²) >= 11 is 4.44. The van der Waals surface area contributed by atoms with Crippen LogP contribution in [0.2, 0.25) is 0 Å². The quantitative estimate of drug-likeness (QED) is 0.298. The van der Waals surface area contributed by atoms with Crippen LogP contribution in [0.5, 0.6) is 0 Å². The van der Waals surface area contributed by atoms with Gasteiger partial charge in [-0.25, -0.2) is 4.79 Å². The zero-order chi connectivity index (χ0) is 17.2. The lowest BCUT2D eigenvalue weighted by Gasteiger charge is -2.62. The smallest absolute Gasteiger partial charge is 0.330 e. The second-order valence-corrected chi connectivity index (χ2v) is 11.6. The van der Waals surface area contributed by atoms with Crippen molar-refractivity contribution >= 4 is 29.5 Å². The lowest BCUT2D eigenvalue weighted by atomic mass is 9.49. The molecule has 0 radical (unpaired) electrons. The van der Waals surface area contributed by atoms with Crippen molar-refractivity contribution < 1.29 is 9.53 Å². The van der Waals surface area contributed by atoms with Gasteiger partial charge in [0.2, 0.25) is 0 Å². The second kappa shape index (κ2) is 7.65. The molecule has 136 valence electrons. The molecular weight excluding hydrogens is 336 g/mol. The van der Waals surface area contributed by atoms with Crippen molar-refractivity contribution in [3.05, 3.63) is 12.7 Å². The average Bonchev–Trinajstić information content (AvgIpc) is 2.55. The first kappa shape index (κ1) is 18.7. The maximum Gasteiger partial charge on any atom is 0.330 e. The summed E-state index contributed by atoms with van der Waals surface area (Å²) in [5, 5.41) is 0. The van der Waals surface area contributed by atoms with Gasteiger partial charge in [0.25, 0.3) is 0 Å². The van der Waals surface area contributed by atoms with E-state index in [-0.39, 0.29) is 11.4 Å². The number of ether oxygens (including phenoxy) is 1. The number of carbonyl (C=O) groups is 1. The monoisotopic (exact) mass is 368 g/mol. The van der Waals surface area contributed by atoms with E-state index in [1.807, 2.05) is 0 Å². The normalized spacial score (nSPS) is 38.1. The molecule has 4 bridgehead atoms. The third kappa shape index (κ3) is 4.00. The van der Waals surface area contributed by atoms with E-state index in [1.54, 1.807) is 0 Å². The molecule has 0 amide bonds. The van der Waals surface area contributed by atoms with Crippen LogP contribution >= 0.6 is 23.5 Å². The topological polar surface area (TPSA) is 26.3 Å². The molecule has 0 aromatic rings. The Morgan fingerprint density at radius 2 is 2.00 bits per heavy atom. The fourth-order valence-corrected chi connectivity index (χ4v) is 9.40. The fraction of sp³-hybridized carbons (Fsp3) is 0.850. The number of rotatable bonds is 9. The van der Waals surface area contributed by atoms with Crippen molar-refractivity contribution in [3.63, 3.8) is 0 Å². The predicted octanol–water partition coefficient (Wildman–Crippen LogP) is 5.67. The summed E-state index contributed by atoms with van der Waals surface area (Å²) in [7, 11) is 0. The van der Waals surface area contributed by atoms with Crippen molar-refractivity contribution in [2.75, 3.05) is 12.4 Å². The molecule has 0 heterocycles. The van der Waals surface area contributed by atoms with E-state index in [0.29, 0.717) is 11.4 Å². The number of thioether (sulfide) groups is 2. The Bertz CT molecular complexity index is 462. The van der Waals surface area contributed by atoms with Crippen LogP contribution < -0.4 is 0 Å². The van der Waals surface area contributed by atoms with Crippen LogP contribution in [0.1, 0.15) is 65.2 Å². The Morgan fingerprint density at radius 1 is 1.29 bits per heavy atom. The van der Waals surface area contributed by atoms with Crippen LogP contribution in [-0.4, -0.2) is 27.7 Å². The van der Waals surface area contributed by atoms with E-state index in [4.69, 9.17) is 4.74 Å². The molecule has 0 spiro atoms. The van der Waals surface area contributed by atoms with E-state index < -0.39 is 0 Å². The van der Waals surface area contributed by atoms with Crippen molar-refractivity contribution in [2.24, 2.45) is 17.3 Å². The molecule has 24 heavy (non-hydrogen) atoms. The standard InChI is InChI=1S/C20H32O2S2/c1-4-7-23-18(6-3)24-20-11-15-8-16(12-20)10-19(9-15,13-20)14-22-17(21)5-2/h5,15-16,18H,2,4,6-14H2,1,3H3. The largest absolute Gasteiger partial charge is 0.462 e. The molecule has 2 nitrogen and oxygen atoms in total. The molecule has 4 fully saturated rings. The Kier molecular flexibility index (Phi) is 5.96. The summed E-state index contributed by atoms with van der Waals surface area (Å²) in [4.78, 5) is 11.6. The zero-order valence-corrected chi connectivity index (χ0v) is 16.9. The molecular formula is C20H32O2S2. The first-order valence-corrected chi connectivity index (χ1v) is 11.5. The molecule has 4 aliphatic carbocycles. The van der Waals surface area contributed by atoms with Crippen molar-refractivity contribution in [1.82, 2.24) is 0 Å². The Balaban J connectivity index is 1.70. The highest BCUT2D eigenvalue weighted by molar-refractivity contribution is 8.17. The summed E-state index contributed by atoms with van der Waals surface area (Å²) in [5.41, 5.74) is 0.253. The molecule has 4 aliphatic rings. The van der Waals surface area contributed by atoms with E-state index in [9.17, 15) is 4.79 Å². The Labute approximate surface area is 155 Å². The van der Waals surface area contributed by atoms with Gasteiger partial charge in [-0.3, -0.25) is 0 Å². The minimum absolute atomic E-state index is 0.252. The highest BCUT2D eigenvalue weighted by Crippen LogP contribution is 2.66. The van der Waals surface area contributed by atoms with Gasteiger partial charge in [-0.15, -0.1) is 23.5 Å². The van der Waals surface area contributed by atoms with E-state index in [2.05, 4.69) is 44.0 Å². The van der Waals surface area contributed by atoms with Crippen LogP contribution in [-0.2, 0) is 9.53 Å². The minimum atomic E-state index is -0.252. The molecule has 0 saturated heterocycles. The zero-order valence-electron chi connectivity index (χ0n) is 15.2. The Hall–Kier alpha value is -0.0900. The first-order chi connectivity index (χ1) is 11.5. The number of esters is 1. The second-order valence-electron chi connectivity index (χ2n) is 8.28. The van der Waals surface area contributed by atoms with Gasteiger partial charge in [0.05, 0.1) is 11.2 Å².